The zero-order valence-electron chi connectivity index (χ0n) is 34.0. The van der Waals surface area contributed by atoms with Crippen molar-refractivity contribution in [3.63, 3.8) is 0 Å². The number of fused-ring (bicyclic) bond motifs is 2. The second-order valence-electron chi connectivity index (χ2n) is 20.9. The molecule has 1 aliphatic heterocycles. The van der Waals surface area contributed by atoms with Gasteiger partial charge in [-0.3, -0.25) is 0 Å². The van der Waals surface area contributed by atoms with Crippen molar-refractivity contribution in [3.05, 3.63) is 0 Å². The Kier molecular flexibility index (Phi) is 9.25. The van der Waals surface area contributed by atoms with Crippen LogP contribution in [0.3, 0.4) is 0 Å². The van der Waals surface area contributed by atoms with Gasteiger partial charge in [-0.05, 0) is 145 Å². The number of nitrogens with one attached hydrogen (secondary N) is 1. The van der Waals surface area contributed by atoms with Gasteiger partial charge in [0.05, 0.1) is 23.4 Å². The average molecular weight is 702 g/mol. The molecule has 0 bridgehead atoms. The molecule has 2 unspecified atom stereocenters. The van der Waals surface area contributed by atoms with E-state index in [0.29, 0.717) is 28.6 Å². The minimum Gasteiger partial charge on any atom is -0.460 e. The third-order valence-electron chi connectivity index (χ3n) is 16.4. The maximum Gasteiger partial charge on any atom is 0.408 e. The van der Waals surface area contributed by atoms with Gasteiger partial charge in [-0.1, -0.05) is 41.5 Å². The Morgan fingerprint density at radius 3 is 2.06 bits per heavy atom. The van der Waals surface area contributed by atoms with E-state index in [2.05, 4.69) is 53.8 Å². The van der Waals surface area contributed by atoms with Crippen LogP contribution in [0.15, 0.2) is 0 Å². The van der Waals surface area contributed by atoms with E-state index in [-0.39, 0.29) is 57.6 Å². The van der Waals surface area contributed by atoms with Crippen molar-refractivity contribution in [1.29, 1.82) is 0 Å². The molecule has 50 heavy (non-hydrogen) atoms. The van der Waals surface area contributed by atoms with Crippen LogP contribution in [0, 0.1) is 50.7 Å². The van der Waals surface area contributed by atoms with E-state index in [1.807, 2.05) is 41.7 Å². The normalized spacial score (nSPS) is 45.5. The SMILES string of the molecule is CO[C@H]1C[C@@]2(C)C3CC[C@H]4C(C)(C)[C@@H](OC(=O)[C@@H](NC(=O)OC(C)(C)C)C(C)C)CC[C@@]45CC35CC[C@]2(C)[C@H]1[C@@]1(C)CC[C@@H](C(C)(C)OC)O1. The van der Waals surface area contributed by atoms with Gasteiger partial charge in [-0.2, -0.15) is 0 Å². The van der Waals surface area contributed by atoms with Gasteiger partial charge in [0.25, 0.3) is 0 Å². The molecular formula is C42H71NO7. The molecule has 1 amide bonds. The van der Waals surface area contributed by atoms with Gasteiger partial charge in [0, 0.05) is 25.6 Å². The molecule has 5 saturated carbocycles. The fraction of sp³-hybridized carbons (Fsp3) is 0.952. The predicted octanol–water partition coefficient (Wildman–Crippen LogP) is 8.87. The topological polar surface area (TPSA) is 92.3 Å². The average Bonchev–Trinajstić information content (AvgIpc) is 3.38. The largest absolute Gasteiger partial charge is 0.460 e. The van der Waals surface area contributed by atoms with E-state index in [4.69, 9.17) is 23.7 Å². The summed E-state index contributed by atoms with van der Waals surface area (Å²) in [5, 5.41) is 2.81. The second-order valence-corrected chi connectivity index (χ2v) is 20.9. The molecule has 6 fully saturated rings. The lowest BCUT2D eigenvalue weighted by atomic mass is 9.41. The molecule has 1 heterocycles. The van der Waals surface area contributed by atoms with Crippen LogP contribution in [0.1, 0.15) is 147 Å². The third kappa shape index (κ3) is 5.52. The zero-order valence-corrected chi connectivity index (χ0v) is 34.0. The van der Waals surface area contributed by atoms with Gasteiger partial charge >= 0.3 is 12.1 Å². The fourth-order valence-corrected chi connectivity index (χ4v) is 13.7. The van der Waals surface area contributed by atoms with Crippen LogP contribution in [-0.4, -0.2) is 67.4 Å². The number of methoxy groups -OCH3 is 2. The Balaban J connectivity index is 1.21. The standard InChI is InChI=1S/C42H71NO7/c1-25(2)31(43-34(45)50-35(3,4)5)33(44)48-29-18-20-41-24-42(41)22-21-38(10)32(40(12)19-17-30(49-40)37(8,9)47-14)26(46-13)23-39(38,11)28(42)16-15-27(41)36(29,6)7/h25-32H,15-24H2,1-14H3,(H,43,45)/t26-,27-,28?,29-,30-,31-,32-,38+,39-,40+,41+,42?/m0/s1. The van der Waals surface area contributed by atoms with Crippen LogP contribution in [0.2, 0.25) is 0 Å². The summed E-state index contributed by atoms with van der Waals surface area (Å²) < 4.78 is 31.4. The van der Waals surface area contributed by atoms with Crippen LogP contribution < -0.4 is 5.32 Å². The van der Waals surface area contributed by atoms with Gasteiger partial charge in [0.1, 0.15) is 17.7 Å². The third-order valence-corrected chi connectivity index (χ3v) is 16.4. The number of carbonyl (C=O) groups is 2. The molecule has 8 nitrogen and oxygen atoms in total. The number of hydrogen-bond donors (Lipinski definition) is 1. The lowest BCUT2D eigenvalue weighted by molar-refractivity contribution is -0.203. The van der Waals surface area contributed by atoms with Gasteiger partial charge in [-0.25, -0.2) is 9.59 Å². The van der Waals surface area contributed by atoms with Crippen LogP contribution in [-0.2, 0) is 28.5 Å². The lowest BCUT2D eigenvalue weighted by Crippen LogP contribution is -2.59. The van der Waals surface area contributed by atoms with E-state index < -0.39 is 17.7 Å². The van der Waals surface area contributed by atoms with Crippen molar-refractivity contribution < 1.29 is 33.3 Å². The summed E-state index contributed by atoms with van der Waals surface area (Å²) in [6.07, 6.45) is 10.8. The summed E-state index contributed by atoms with van der Waals surface area (Å²) in [6, 6.07) is -0.749. The molecule has 1 saturated heterocycles. The highest BCUT2D eigenvalue weighted by Gasteiger charge is 2.83. The summed E-state index contributed by atoms with van der Waals surface area (Å²) in [7, 11) is 3.73. The molecule has 5 aliphatic carbocycles. The smallest absolute Gasteiger partial charge is 0.408 e. The Hall–Kier alpha value is -1.38. The monoisotopic (exact) mass is 702 g/mol. The number of amides is 1. The zero-order chi connectivity index (χ0) is 37.1. The highest BCUT2D eigenvalue weighted by molar-refractivity contribution is 5.82. The minimum absolute atomic E-state index is 0.0814. The summed E-state index contributed by atoms with van der Waals surface area (Å²) in [5.74, 6) is 1.03. The van der Waals surface area contributed by atoms with Crippen molar-refractivity contribution in [2.24, 2.45) is 50.7 Å². The van der Waals surface area contributed by atoms with Crippen molar-refractivity contribution in [3.8, 4) is 0 Å². The van der Waals surface area contributed by atoms with E-state index in [0.717, 1.165) is 32.1 Å². The summed E-state index contributed by atoms with van der Waals surface area (Å²) in [6.45, 7) is 26.0. The van der Waals surface area contributed by atoms with Crippen molar-refractivity contribution >= 4 is 12.1 Å². The second kappa shape index (κ2) is 12.1. The van der Waals surface area contributed by atoms with Gasteiger partial charge in [0.15, 0.2) is 0 Å². The Morgan fingerprint density at radius 2 is 1.46 bits per heavy atom. The number of carbonyl (C=O) groups excluding carboxylic acids is 2. The first-order valence-corrected chi connectivity index (χ1v) is 19.9. The van der Waals surface area contributed by atoms with Crippen molar-refractivity contribution in [2.75, 3.05) is 14.2 Å². The molecule has 0 aromatic rings. The number of alkyl carbamates (subject to hydrolysis) is 1. The molecule has 6 aliphatic rings. The molecular weight excluding hydrogens is 630 g/mol. The van der Waals surface area contributed by atoms with E-state index in [1.165, 1.54) is 32.1 Å². The Bertz CT molecular complexity index is 1340. The number of hydrogen-bond acceptors (Lipinski definition) is 7. The first-order chi connectivity index (χ1) is 23.0. The van der Waals surface area contributed by atoms with E-state index in [9.17, 15) is 9.59 Å². The number of ether oxygens (including phenoxy) is 5. The molecule has 1 N–H and O–H groups in total. The maximum absolute atomic E-state index is 13.7. The van der Waals surface area contributed by atoms with Gasteiger partial charge in [-0.15, -0.1) is 0 Å². The first-order valence-electron chi connectivity index (χ1n) is 19.9. The first kappa shape index (κ1) is 38.3. The fourth-order valence-electron chi connectivity index (χ4n) is 13.7. The number of esters is 1. The molecule has 6 rings (SSSR count). The van der Waals surface area contributed by atoms with Gasteiger partial charge < -0.3 is 29.0 Å². The maximum atomic E-state index is 13.7. The molecule has 8 heteroatoms. The molecule has 0 radical (unpaired) electrons. The minimum atomic E-state index is -0.749. The van der Waals surface area contributed by atoms with E-state index >= 15 is 0 Å². The van der Waals surface area contributed by atoms with Crippen LogP contribution >= 0.6 is 0 Å². The van der Waals surface area contributed by atoms with Crippen molar-refractivity contribution in [2.45, 2.75) is 188 Å². The van der Waals surface area contributed by atoms with Crippen LogP contribution in [0.5, 0.6) is 0 Å². The van der Waals surface area contributed by atoms with Crippen LogP contribution in [0.25, 0.3) is 0 Å². The summed E-state index contributed by atoms with van der Waals surface area (Å²) >= 11 is 0. The van der Waals surface area contributed by atoms with Gasteiger partial charge in [0.2, 0.25) is 0 Å². The molecule has 286 valence electrons. The Morgan fingerprint density at radius 1 is 0.820 bits per heavy atom. The molecule has 2 spiro atoms. The Labute approximate surface area is 303 Å². The molecule has 12 atom stereocenters. The highest BCUT2D eigenvalue weighted by Crippen LogP contribution is 2.89. The van der Waals surface area contributed by atoms with Crippen LogP contribution in [0.4, 0.5) is 4.79 Å². The summed E-state index contributed by atoms with van der Waals surface area (Å²) in [5.41, 5.74) is -0.415. The molecule has 0 aromatic carbocycles. The highest BCUT2D eigenvalue weighted by atomic mass is 16.6. The quantitative estimate of drug-likeness (QED) is 0.253. The molecule has 0 aromatic heterocycles. The predicted molar refractivity (Wildman–Crippen MR) is 195 cm³/mol. The number of rotatable bonds is 8. The van der Waals surface area contributed by atoms with Crippen molar-refractivity contribution in [1.82, 2.24) is 5.32 Å². The lowest BCUT2D eigenvalue weighted by Gasteiger charge is -2.63. The van der Waals surface area contributed by atoms with E-state index in [1.54, 1.807) is 7.11 Å². The summed E-state index contributed by atoms with van der Waals surface area (Å²) in [4.78, 5) is 26.4.